The highest BCUT2D eigenvalue weighted by Gasteiger charge is 1.79. The molecule has 1 nitrogen and oxygen atoms in total. The molecule has 0 atom stereocenters. The summed E-state index contributed by atoms with van der Waals surface area (Å²) in [6, 6.07) is 0. The van der Waals surface area contributed by atoms with Crippen molar-refractivity contribution in [2.45, 2.75) is 20.3 Å². The molecule has 0 heterocycles. The maximum absolute atomic E-state index is 6.71. The van der Waals surface area contributed by atoms with Crippen molar-refractivity contribution in [2.75, 3.05) is 0 Å². The first-order valence-electron chi connectivity index (χ1n) is 3.93. The summed E-state index contributed by atoms with van der Waals surface area (Å²) in [6.45, 7) is 11.3. The predicted molar refractivity (Wildman–Crippen MR) is 60.8 cm³/mol. The van der Waals surface area contributed by atoms with Crippen molar-refractivity contribution in [3.8, 4) is 0 Å². The van der Waals surface area contributed by atoms with Gasteiger partial charge in [0.2, 0.25) is 0 Å². The van der Waals surface area contributed by atoms with Crippen LogP contribution in [0, 0.1) is 5.41 Å². The molecule has 0 spiro atoms. The maximum atomic E-state index is 6.71. The van der Waals surface area contributed by atoms with Gasteiger partial charge in [-0.2, -0.15) is 0 Å². The van der Waals surface area contributed by atoms with Gasteiger partial charge < -0.3 is 5.41 Å². The van der Waals surface area contributed by atoms with Crippen molar-refractivity contribution in [3.63, 3.8) is 0 Å². The SMILES string of the molecule is C=CC(=C)S/C=C\CC=N.CC. The van der Waals surface area contributed by atoms with Gasteiger partial charge in [0.1, 0.15) is 0 Å². The summed E-state index contributed by atoms with van der Waals surface area (Å²) < 4.78 is 0. The number of allylic oxidation sites excluding steroid dienone is 2. The second kappa shape index (κ2) is 12.9. The van der Waals surface area contributed by atoms with Crippen molar-refractivity contribution < 1.29 is 0 Å². The van der Waals surface area contributed by atoms with Crippen molar-refractivity contribution >= 4 is 18.0 Å². The van der Waals surface area contributed by atoms with Crippen LogP contribution in [0.25, 0.3) is 0 Å². The molecule has 0 rings (SSSR count). The Labute approximate surface area is 79.8 Å². The lowest BCUT2D eigenvalue weighted by molar-refractivity contribution is 1.44. The Balaban J connectivity index is 0. The third-order valence-electron chi connectivity index (χ3n) is 0.797. The van der Waals surface area contributed by atoms with Gasteiger partial charge in [0.05, 0.1) is 0 Å². The zero-order valence-electron chi connectivity index (χ0n) is 7.84. The first-order chi connectivity index (χ1) is 5.81. The Morgan fingerprint density at radius 1 is 1.50 bits per heavy atom. The summed E-state index contributed by atoms with van der Waals surface area (Å²) in [7, 11) is 0. The fourth-order valence-electron chi connectivity index (χ4n) is 0.307. The monoisotopic (exact) mass is 183 g/mol. The van der Waals surface area contributed by atoms with E-state index in [1.807, 2.05) is 25.3 Å². The predicted octanol–water partition coefficient (Wildman–Crippen LogP) is 4.00. The van der Waals surface area contributed by atoms with Gasteiger partial charge in [0.15, 0.2) is 0 Å². The highest BCUT2D eigenvalue weighted by Crippen LogP contribution is 2.14. The normalized spacial score (nSPS) is 8.50. The molecule has 0 saturated carbocycles. The van der Waals surface area contributed by atoms with Gasteiger partial charge in [-0.15, -0.1) is 0 Å². The maximum Gasteiger partial charge on any atom is 0.00379 e. The molecule has 0 aliphatic rings. The van der Waals surface area contributed by atoms with E-state index in [0.29, 0.717) is 6.42 Å². The largest absolute Gasteiger partial charge is 0.313 e. The lowest BCUT2D eigenvalue weighted by Crippen LogP contribution is -1.63. The highest BCUT2D eigenvalue weighted by molar-refractivity contribution is 8.06. The van der Waals surface area contributed by atoms with E-state index in [9.17, 15) is 0 Å². The lowest BCUT2D eigenvalue weighted by Gasteiger charge is -1.88. The van der Waals surface area contributed by atoms with Crippen molar-refractivity contribution in [3.05, 3.63) is 35.6 Å². The van der Waals surface area contributed by atoms with E-state index in [1.165, 1.54) is 18.0 Å². The zero-order chi connectivity index (χ0) is 9.82. The molecule has 0 saturated heterocycles. The molecular weight excluding hydrogens is 166 g/mol. The van der Waals surface area contributed by atoms with Crippen LogP contribution in [0.1, 0.15) is 20.3 Å². The molecule has 0 amide bonds. The smallest absolute Gasteiger partial charge is 0.00379 e. The third kappa shape index (κ3) is 12.0. The van der Waals surface area contributed by atoms with Gasteiger partial charge in [-0.05, 0) is 11.6 Å². The summed E-state index contributed by atoms with van der Waals surface area (Å²) in [5.41, 5.74) is 0. The van der Waals surface area contributed by atoms with E-state index in [1.54, 1.807) is 6.08 Å². The van der Waals surface area contributed by atoms with Crippen LogP contribution in [-0.4, -0.2) is 6.21 Å². The minimum atomic E-state index is 0.692. The van der Waals surface area contributed by atoms with Gasteiger partial charge in [-0.25, -0.2) is 0 Å². The number of thioether (sulfide) groups is 1. The molecule has 0 bridgehead atoms. The van der Waals surface area contributed by atoms with Crippen LogP contribution in [-0.2, 0) is 0 Å². The second-order valence-electron chi connectivity index (χ2n) is 1.60. The quantitative estimate of drug-likeness (QED) is 0.505. The Morgan fingerprint density at radius 3 is 2.50 bits per heavy atom. The molecule has 2 heteroatoms. The van der Waals surface area contributed by atoms with Gasteiger partial charge in [0.25, 0.3) is 0 Å². The summed E-state index contributed by atoms with van der Waals surface area (Å²) in [5, 5.41) is 8.62. The lowest BCUT2D eigenvalue weighted by atomic mass is 10.5. The van der Waals surface area contributed by atoms with Crippen molar-refractivity contribution in [1.82, 2.24) is 0 Å². The zero-order valence-corrected chi connectivity index (χ0v) is 8.66. The van der Waals surface area contributed by atoms with Gasteiger partial charge in [-0.3, -0.25) is 0 Å². The van der Waals surface area contributed by atoms with Crippen LogP contribution >= 0.6 is 11.8 Å². The first kappa shape index (κ1) is 13.8. The average molecular weight is 183 g/mol. The molecular formula is C10H17NS. The molecule has 0 aromatic heterocycles. The van der Waals surface area contributed by atoms with Crippen LogP contribution in [0.4, 0.5) is 0 Å². The third-order valence-corrected chi connectivity index (χ3v) is 1.60. The van der Waals surface area contributed by atoms with Crippen molar-refractivity contribution in [2.24, 2.45) is 0 Å². The van der Waals surface area contributed by atoms with E-state index in [4.69, 9.17) is 5.41 Å². The molecule has 0 aliphatic carbocycles. The molecule has 0 aliphatic heterocycles. The van der Waals surface area contributed by atoms with E-state index >= 15 is 0 Å². The van der Waals surface area contributed by atoms with Crippen LogP contribution < -0.4 is 0 Å². The number of nitrogens with one attached hydrogen (secondary N) is 1. The standard InChI is InChI=1S/C8H11NS.C2H6/c1-3-8(2)10-7-5-4-6-9;1-2/h3,5-7,9H,1-2,4H2;1-2H3/b7-5-,9-6?;. The van der Waals surface area contributed by atoms with Gasteiger partial charge in [0, 0.05) is 11.3 Å². The number of hydrogen-bond donors (Lipinski definition) is 1. The number of rotatable bonds is 5. The molecule has 0 fully saturated rings. The highest BCUT2D eigenvalue weighted by atomic mass is 32.2. The molecule has 1 N–H and O–H groups in total. The summed E-state index contributed by atoms with van der Waals surface area (Å²) in [6.07, 6.45) is 5.66. The number of hydrogen-bond acceptors (Lipinski definition) is 2. The van der Waals surface area contributed by atoms with E-state index in [0.717, 1.165) is 4.91 Å². The Morgan fingerprint density at radius 2 is 2.08 bits per heavy atom. The Hall–Kier alpha value is -0.760. The molecule has 0 unspecified atom stereocenters. The van der Waals surface area contributed by atoms with E-state index < -0.39 is 0 Å². The molecule has 12 heavy (non-hydrogen) atoms. The van der Waals surface area contributed by atoms with Crippen LogP contribution in [0.3, 0.4) is 0 Å². The first-order valence-corrected chi connectivity index (χ1v) is 4.81. The van der Waals surface area contributed by atoms with Crippen LogP contribution in [0.5, 0.6) is 0 Å². The minimum Gasteiger partial charge on any atom is -0.313 e. The second-order valence-corrected chi connectivity index (χ2v) is 2.63. The van der Waals surface area contributed by atoms with E-state index in [2.05, 4.69) is 13.2 Å². The summed E-state index contributed by atoms with van der Waals surface area (Å²) in [5.74, 6) is 0. The Bertz CT molecular complexity index is 159. The van der Waals surface area contributed by atoms with Gasteiger partial charge in [-0.1, -0.05) is 50.9 Å². The Kier molecular flexibility index (Phi) is 14.8. The summed E-state index contributed by atoms with van der Waals surface area (Å²) in [4.78, 5) is 0.932. The summed E-state index contributed by atoms with van der Waals surface area (Å²) >= 11 is 1.52. The molecule has 0 radical (unpaired) electrons. The van der Waals surface area contributed by atoms with Crippen molar-refractivity contribution in [1.29, 1.82) is 5.41 Å². The topological polar surface area (TPSA) is 23.9 Å². The molecule has 0 aromatic rings. The van der Waals surface area contributed by atoms with Crippen LogP contribution in [0.2, 0.25) is 0 Å². The fourth-order valence-corrected chi connectivity index (χ4v) is 0.786. The molecule has 68 valence electrons. The van der Waals surface area contributed by atoms with Gasteiger partial charge >= 0.3 is 0 Å². The average Bonchev–Trinajstić information content (AvgIpc) is 2.15. The minimum absolute atomic E-state index is 0.692. The molecule has 0 aromatic carbocycles. The van der Waals surface area contributed by atoms with E-state index in [-0.39, 0.29) is 0 Å². The fraction of sp³-hybridized carbons (Fsp3) is 0.300. The van der Waals surface area contributed by atoms with Crippen LogP contribution in [0.15, 0.2) is 35.6 Å².